The van der Waals surface area contributed by atoms with E-state index in [4.69, 9.17) is 15.6 Å². The monoisotopic (exact) mass is 403 g/mol. The molecule has 156 valence electrons. The van der Waals surface area contributed by atoms with Crippen molar-refractivity contribution in [2.24, 2.45) is 11.8 Å². The Morgan fingerprint density at radius 1 is 1.21 bits per heavy atom. The molecular weight excluding hydrogens is 376 g/mol. The first-order valence-corrected chi connectivity index (χ1v) is 10.3. The van der Waals surface area contributed by atoms with Crippen LogP contribution in [0.3, 0.4) is 0 Å². The van der Waals surface area contributed by atoms with E-state index in [0.29, 0.717) is 35.1 Å². The lowest BCUT2D eigenvalue weighted by Gasteiger charge is -2.35. The minimum atomic E-state index is -3.04. The lowest BCUT2D eigenvalue weighted by molar-refractivity contribution is -0.0610. The average Bonchev–Trinajstić information content (AvgIpc) is 2.96. The second-order valence-electron chi connectivity index (χ2n) is 9.04. The molecule has 5 rings (SSSR count). The van der Waals surface area contributed by atoms with E-state index in [2.05, 4.69) is 34.5 Å². The fourth-order valence-electron chi connectivity index (χ4n) is 4.91. The maximum atomic E-state index is 13.9. The molecule has 2 aliphatic heterocycles. The fourth-order valence-corrected chi connectivity index (χ4v) is 4.91. The Morgan fingerprint density at radius 2 is 1.90 bits per heavy atom. The topological polar surface area (TPSA) is 69.2 Å². The summed E-state index contributed by atoms with van der Waals surface area (Å²) in [7, 11) is 0. The summed E-state index contributed by atoms with van der Waals surface area (Å²) in [6.07, 6.45) is 1.54. The zero-order valence-corrected chi connectivity index (χ0v) is 17.0. The normalized spacial score (nSPS) is 27.3. The summed E-state index contributed by atoms with van der Waals surface area (Å²) in [6, 6.07) is 4.27. The minimum absolute atomic E-state index is 0.137. The van der Waals surface area contributed by atoms with Crippen molar-refractivity contribution in [3.8, 4) is 11.3 Å². The molecule has 0 spiro atoms. The molecular formula is C21H27F2N5O. The van der Waals surface area contributed by atoms with Crippen LogP contribution in [0.4, 0.5) is 14.6 Å². The molecule has 1 aliphatic carbocycles. The van der Waals surface area contributed by atoms with Crippen molar-refractivity contribution >= 4 is 5.82 Å². The number of rotatable bonds is 5. The Bertz CT molecular complexity index is 922. The maximum absolute atomic E-state index is 13.9. The Hall–Kier alpha value is -2.06. The number of pyridine rings is 1. The maximum Gasteiger partial charge on any atom is 0.274 e. The van der Waals surface area contributed by atoms with Gasteiger partial charge in [0, 0.05) is 49.4 Å². The standard InChI is InChI=1S/C21H27F2N5O/c1-11(2)28-18(19-14-7-27(8-15(14)19)13-9-29-10-13)5-17(26-28)12-4-16(21(3,22)23)20(24)25-6-12/h4-6,11,13-15,19H,7-10H2,1-3H3,(H2,24,25)/t14-,15+,19+. The van der Waals surface area contributed by atoms with E-state index >= 15 is 0 Å². The second-order valence-corrected chi connectivity index (χ2v) is 9.04. The van der Waals surface area contributed by atoms with Gasteiger partial charge in [0.25, 0.3) is 5.92 Å². The van der Waals surface area contributed by atoms with Crippen LogP contribution >= 0.6 is 0 Å². The number of aromatic nitrogens is 3. The van der Waals surface area contributed by atoms with Crippen molar-refractivity contribution in [2.75, 3.05) is 32.0 Å². The fraction of sp³-hybridized carbons (Fsp3) is 0.619. The van der Waals surface area contributed by atoms with Gasteiger partial charge in [-0.2, -0.15) is 5.10 Å². The van der Waals surface area contributed by atoms with Crippen molar-refractivity contribution < 1.29 is 13.5 Å². The molecule has 6 nitrogen and oxygen atoms in total. The van der Waals surface area contributed by atoms with Crippen molar-refractivity contribution in [3.05, 3.63) is 29.6 Å². The lowest BCUT2D eigenvalue weighted by Crippen LogP contribution is -2.48. The average molecular weight is 403 g/mol. The van der Waals surface area contributed by atoms with Gasteiger partial charge >= 0.3 is 0 Å². The van der Waals surface area contributed by atoms with Crippen molar-refractivity contribution in [2.45, 2.75) is 44.7 Å². The van der Waals surface area contributed by atoms with Crippen LogP contribution in [0, 0.1) is 11.8 Å². The molecule has 8 heteroatoms. The van der Waals surface area contributed by atoms with E-state index in [0.717, 1.165) is 33.2 Å². The second kappa shape index (κ2) is 6.47. The van der Waals surface area contributed by atoms with Gasteiger partial charge in [-0.15, -0.1) is 0 Å². The van der Waals surface area contributed by atoms with Crippen LogP contribution in [0.1, 0.15) is 44.0 Å². The van der Waals surface area contributed by atoms with Gasteiger partial charge in [-0.25, -0.2) is 13.8 Å². The molecule has 2 N–H and O–H groups in total. The first-order valence-electron chi connectivity index (χ1n) is 10.3. The summed E-state index contributed by atoms with van der Waals surface area (Å²) in [5, 5.41) is 4.76. The molecule has 29 heavy (non-hydrogen) atoms. The minimum Gasteiger partial charge on any atom is -0.383 e. The van der Waals surface area contributed by atoms with Gasteiger partial charge in [-0.1, -0.05) is 0 Å². The van der Waals surface area contributed by atoms with Crippen LogP contribution < -0.4 is 5.73 Å². The number of alkyl halides is 2. The van der Waals surface area contributed by atoms with Gasteiger partial charge in [0.15, 0.2) is 0 Å². The number of ether oxygens (including phenoxy) is 1. The molecule has 0 bridgehead atoms. The number of nitrogens with zero attached hydrogens (tertiary/aromatic N) is 4. The van der Waals surface area contributed by atoms with E-state index in [1.807, 2.05) is 0 Å². The van der Waals surface area contributed by atoms with E-state index in [1.165, 1.54) is 18.0 Å². The number of hydrogen-bond acceptors (Lipinski definition) is 5. The highest BCUT2D eigenvalue weighted by Gasteiger charge is 2.58. The summed E-state index contributed by atoms with van der Waals surface area (Å²) >= 11 is 0. The molecule has 3 fully saturated rings. The quantitative estimate of drug-likeness (QED) is 0.830. The molecule has 3 aliphatic rings. The highest BCUT2D eigenvalue weighted by Crippen LogP contribution is 2.59. The predicted molar refractivity (Wildman–Crippen MR) is 106 cm³/mol. The number of likely N-dealkylation sites (tertiary alicyclic amines) is 1. The van der Waals surface area contributed by atoms with Crippen molar-refractivity contribution in [1.82, 2.24) is 19.7 Å². The molecule has 2 aromatic heterocycles. The number of anilines is 1. The number of piperidine rings is 1. The highest BCUT2D eigenvalue weighted by molar-refractivity contribution is 5.63. The van der Waals surface area contributed by atoms with E-state index < -0.39 is 5.92 Å². The van der Waals surface area contributed by atoms with Gasteiger partial charge in [0.05, 0.1) is 30.5 Å². The van der Waals surface area contributed by atoms with Crippen LogP contribution in [0.2, 0.25) is 0 Å². The van der Waals surface area contributed by atoms with Crippen LogP contribution in [0.25, 0.3) is 11.3 Å². The number of fused-ring (bicyclic) bond motifs is 1. The molecule has 2 saturated heterocycles. The van der Waals surface area contributed by atoms with Crippen LogP contribution in [0.5, 0.6) is 0 Å². The Labute approximate surface area is 169 Å². The Balaban J connectivity index is 1.43. The molecule has 4 heterocycles. The van der Waals surface area contributed by atoms with Crippen molar-refractivity contribution in [1.29, 1.82) is 0 Å². The van der Waals surface area contributed by atoms with Crippen LogP contribution in [0.15, 0.2) is 18.3 Å². The smallest absolute Gasteiger partial charge is 0.274 e. The third-order valence-corrected chi connectivity index (χ3v) is 6.64. The van der Waals surface area contributed by atoms with E-state index in [9.17, 15) is 8.78 Å². The molecule has 0 unspecified atom stereocenters. The largest absolute Gasteiger partial charge is 0.383 e. The molecule has 2 aromatic rings. The molecule has 0 aromatic carbocycles. The zero-order chi connectivity index (χ0) is 20.5. The summed E-state index contributed by atoms with van der Waals surface area (Å²) in [5.74, 6) is -1.39. The SMILES string of the molecule is CC(C)n1nc(-c2cnc(N)c(C(C)(F)F)c2)cc1[C@H]1[C@@H]2CN(C3COC3)C[C@@H]21. The molecule has 1 saturated carbocycles. The summed E-state index contributed by atoms with van der Waals surface area (Å²) in [6.45, 7) is 8.97. The predicted octanol–water partition coefficient (Wildman–Crippen LogP) is 3.26. The first-order chi connectivity index (χ1) is 13.7. The molecule has 3 atom stereocenters. The van der Waals surface area contributed by atoms with Crippen LogP contribution in [-0.4, -0.2) is 52.0 Å². The Kier molecular flexibility index (Phi) is 4.22. The van der Waals surface area contributed by atoms with Gasteiger partial charge < -0.3 is 10.5 Å². The lowest BCUT2D eigenvalue weighted by atomic mass is 10.1. The van der Waals surface area contributed by atoms with E-state index in [-0.39, 0.29) is 17.4 Å². The summed E-state index contributed by atoms with van der Waals surface area (Å²) in [5.41, 5.74) is 7.89. The molecule has 0 radical (unpaired) electrons. The van der Waals surface area contributed by atoms with Gasteiger partial charge in [-0.3, -0.25) is 9.58 Å². The Morgan fingerprint density at radius 3 is 2.45 bits per heavy atom. The third-order valence-electron chi connectivity index (χ3n) is 6.64. The highest BCUT2D eigenvalue weighted by atomic mass is 19.3. The summed E-state index contributed by atoms with van der Waals surface area (Å²) < 4.78 is 35.2. The summed E-state index contributed by atoms with van der Waals surface area (Å²) in [4.78, 5) is 6.55. The molecule has 0 amide bonds. The zero-order valence-electron chi connectivity index (χ0n) is 17.0. The first kappa shape index (κ1) is 18.9. The number of nitrogens with two attached hydrogens (primary N) is 1. The van der Waals surface area contributed by atoms with Crippen LogP contribution in [-0.2, 0) is 10.7 Å². The van der Waals surface area contributed by atoms with Gasteiger partial charge in [0.1, 0.15) is 5.82 Å². The number of halogens is 2. The third kappa shape index (κ3) is 3.13. The van der Waals surface area contributed by atoms with Crippen molar-refractivity contribution in [3.63, 3.8) is 0 Å². The van der Waals surface area contributed by atoms with Gasteiger partial charge in [-0.05, 0) is 37.8 Å². The van der Waals surface area contributed by atoms with Gasteiger partial charge in [0.2, 0.25) is 0 Å². The number of nitrogen functional groups attached to an aromatic ring is 1. The van der Waals surface area contributed by atoms with E-state index in [1.54, 1.807) is 0 Å². The number of hydrogen-bond donors (Lipinski definition) is 1.